The number of nitrogens with zero attached hydrogens (tertiary/aromatic N) is 1. The van der Waals surface area contributed by atoms with Crippen molar-refractivity contribution in [2.75, 3.05) is 7.11 Å². The fourth-order valence-corrected chi connectivity index (χ4v) is 2.22. The fourth-order valence-electron chi connectivity index (χ4n) is 1.27. The Hall–Kier alpha value is -0.560. The molecule has 3 nitrogen and oxygen atoms in total. The van der Waals surface area contributed by atoms with E-state index in [1.54, 1.807) is 0 Å². The van der Waals surface area contributed by atoms with Gasteiger partial charge in [0.1, 0.15) is 0 Å². The van der Waals surface area contributed by atoms with Gasteiger partial charge in [-0.2, -0.15) is 0 Å². The van der Waals surface area contributed by atoms with E-state index in [4.69, 9.17) is 0 Å². The Bertz CT molecular complexity index is 427. The number of hydrogen-bond acceptors (Lipinski definition) is 3. The first-order chi connectivity index (χ1) is 7.99. The second kappa shape index (κ2) is 6.39. The smallest absolute Gasteiger partial charge is 0.311 e. The molecule has 1 rings (SSSR count). The third kappa shape index (κ3) is 3.70. The highest BCUT2D eigenvalue weighted by atomic mass is 79.9. The number of carbonyl (C=O) groups excluding carboxylic acids is 1. The largest absolute Gasteiger partial charge is 0.469 e. The molecule has 0 aliphatic heterocycles. The third-order valence-corrected chi connectivity index (χ3v) is 3.27. The lowest BCUT2D eigenvalue weighted by atomic mass is 10.1. The van der Waals surface area contributed by atoms with Crippen molar-refractivity contribution in [1.82, 2.24) is 4.98 Å². The molecular formula is C10H9Br2F2NO2. The highest BCUT2D eigenvalue weighted by Gasteiger charge is 2.21. The van der Waals surface area contributed by atoms with Gasteiger partial charge < -0.3 is 4.74 Å². The van der Waals surface area contributed by atoms with Crippen LogP contribution < -0.4 is 0 Å². The lowest BCUT2D eigenvalue weighted by molar-refractivity contribution is -0.139. The zero-order valence-electron chi connectivity index (χ0n) is 8.84. The van der Waals surface area contributed by atoms with Crippen LogP contribution in [0.5, 0.6) is 0 Å². The molecule has 0 amide bonds. The normalized spacial score (nSPS) is 10.7. The summed E-state index contributed by atoms with van der Waals surface area (Å²) in [4.78, 5) is 15.1. The number of rotatable bonds is 4. The van der Waals surface area contributed by atoms with Crippen LogP contribution in [-0.4, -0.2) is 18.1 Å². The molecule has 0 aliphatic rings. The summed E-state index contributed by atoms with van der Waals surface area (Å²) in [5.74, 6) is -0.599. The van der Waals surface area contributed by atoms with Crippen molar-refractivity contribution in [3.05, 3.63) is 27.5 Å². The topological polar surface area (TPSA) is 39.2 Å². The van der Waals surface area contributed by atoms with Crippen LogP contribution in [0.2, 0.25) is 0 Å². The average molecular weight is 373 g/mol. The molecule has 0 unspecified atom stereocenters. The van der Waals surface area contributed by atoms with Crippen molar-refractivity contribution in [3.63, 3.8) is 0 Å². The second-order valence-corrected chi connectivity index (χ2v) is 4.56. The molecule has 1 aromatic heterocycles. The van der Waals surface area contributed by atoms with E-state index in [0.717, 1.165) is 0 Å². The van der Waals surface area contributed by atoms with E-state index in [0.29, 0.717) is 11.0 Å². The lowest BCUT2D eigenvalue weighted by Crippen LogP contribution is -2.11. The summed E-state index contributed by atoms with van der Waals surface area (Å²) >= 11 is 6.24. The molecular weight excluding hydrogens is 364 g/mol. The number of esters is 1. The van der Waals surface area contributed by atoms with E-state index in [9.17, 15) is 13.6 Å². The Morgan fingerprint density at radius 2 is 2.24 bits per heavy atom. The van der Waals surface area contributed by atoms with Gasteiger partial charge in [0, 0.05) is 9.80 Å². The standard InChI is InChI=1S/C10H9Br2F2NO2/c1-17-8(16)3-7-9(10(13)14)6(12)2-5(4-11)15-7/h2,10H,3-4H2,1H3. The van der Waals surface area contributed by atoms with Crippen molar-refractivity contribution in [2.45, 2.75) is 18.2 Å². The first-order valence-electron chi connectivity index (χ1n) is 4.58. The number of alkyl halides is 3. The van der Waals surface area contributed by atoms with E-state index in [1.807, 2.05) is 0 Å². The number of ether oxygens (including phenoxy) is 1. The maximum atomic E-state index is 12.8. The van der Waals surface area contributed by atoms with Crippen molar-refractivity contribution < 1.29 is 18.3 Å². The van der Waals surface area contributed by atoms with E-state index in [2.05, 4.69) is 41.6 Å². The minimum Gasteiger partial charge on any atom is -0.469 e. The molecule has 1 heterocycles. The number of halogens is 4. The maximum absolute atomic E-state index is 12.8. The molecule has 7 heteroatoms. The van der Waals surface area contributed by atoms with E-state index < -0.39 is 12.4 Å². The van der Waals surface area contributed by atoms with Crippen molar-refractivity contribution in [3.8, 4) is 0 Å². The van der Waals surface area contributed by atoms with Gasteiger partial charge in [-0.1, -0.05) is 31.9 Å². The Balaban J connectivity index is 3.22. The van der Waals surface area contributed by atoms with Gasteiger partial charge in [-0.15, -0.1) is 0 Å². The highest BCUT2D eigenvalue weighted by molar-refractivity contribution is 9.10. The molecule has 94 valence electrons. The van der Waals surface area contributed by atoms with Gasteiger partial charge in [0.05, 0.1) is 30.5 Å². The zero-order valence-corrected chi connectivity index (χ0v) is 12.0. The quantitative estimate of drug-likeness (QED) is 0.600. The minimum atomic E-state index is -2.69. The van der Waals surface area contributed by atoms with Crippen molar-refractivity contribution in [1.29, 1.82) is 0 Å². The summed E-state index contributed by atoms with van der Waals surface area (Å²) in [6, 6.07) is 1.50. The number of carbonyl (C=O) groups is 1. The van der Waals surface area contributed by atoms with Crippen LogP contribution in [0.4, 0.5) is 8.78 Å². The van der Waals surface area contributed by atoms with Gasteiger partial charge in [-0.05, 0) is 6.07 Å². The van der Waals surface area contributed by atoms with Crippen LogP contribution in [0.1, 0.15) is 23.4 Å². The van der Waals surface area contributed by atoms with Crippen LogP contribution in [0.25, 0.3) is 0 Å². The van der Waals surface area contributed by atoms with E-state index >= 15 is 0 Å². The maximum Gasteiger partial charge on any atom is 0.311 e. The number of pyridine rings is 1. The minimum absolute atomic E-state index is 0.0377. The molecule has 0 atom stereocenters. The first kappa shape index (κ1) is 14.5. The van der Waals surface area contributed by atoms with Crippen LogP contribution in [0.3, 0.4) is 0 Å². The predicted molar refractivity (Wildman–Crippen MR) is 65.2 cm³/mol. The SMILES string of the molecule is COC(=O)Cc1nc(CBr)cc(Br)c1C(F)F. The number of hydrogen-bond donors (Lipinski definition) is 0. The fraction of sp³-hybridized carbons (Fsp3) is 0.400. The average Bonchev–Trinajstić information content (AvgIpc) is 2.27. The molecule has 0 bridgehead atoms. The summed E-state index contributed by atoms with van der Waals surface area (Å²) in [7, 11) is 1.20. The highest BCUT2D eigenvalue weighted by Crippen LogP contribution is 2.31. The Kier molecular flexibility index (Phi) is 5.45. The van der Waals surface area contributed by atoms with E-state index in [1.165, 1.54) is 13.2 Å². The third-order valence-electron chi connectivity index (χ3n) is 2.03. The molecule has 0 aliphatic carbocycles. The van der Waals surface area contributed by atoms with Crippen LogP contribution in [0.15, 0.2) is 10.5 Å². The van der Waals surface area contributed by atoms with Crippen LogP contribution in [-0.2, 0) is 21.3 Å². The predicted octanol–water partition coefficient (Wildman–Crippen LogP) is 3.39. The van der Waals surface area contributed by atoms with Crippen LogP contribution >= 0.6 is 31.9 Å². The molecule has 1 aromatic rings. The molecule has 0 radical (unpaired) electrons. The van der Waals surface area contributed by atoms with Gasteiger partial charge in [0.2, 0.25) is 0 Å². The molecule has 0 saturated heterocycles. The summed E-state index contributed by atoms with van der Waals surface area (Å²) in [5.41, 5.74) is 0.343. The zero-order chi connectivity index (χ0) is 13.0. The molecule has 0 saturated carbocycles. The molecule has 0 aromatic carbocycles. The Morgan fingerprint density at radius 1 is 1.59 bits per heavy atom. The summed E-state index contributed by atoms with van der Waals surface area (Å²) in [6.07, 6.45) is -2.96. The van der Waals surface area contributed by atoms with Crippen molar-refractivity contribution in [2.24, 2.45) is 0 Å². The van der Waals surface area contributed by atoms with Gasteiger partial charge in [-0.25, -0.2) is 8.78 Å². The Morgan fingerprint density at radius 3 is 2.71 bits per heavy atom. The van der Waals surface area contributed by atoms with Crippen molar-refractivity contribution >= 4 is 37.8 Å². The Labute approximate surface area is 114 Å². The number of aromatic nitrogens is 1. The molecule has 0 N–H and O–H groups in total. The van der Waals surface area contributed by atoms with Gasteiger partial charge >= 0.3 is 5.97 Å². The molecule has 0 fully saturated rings. The van der Waals surface area contributed by atoms with E-state index in [-0.39, 0.29) is 22.2 Å². The molecule has 0 spiro atoms. The summed E-state index contributed by atoms with van der Waals surface area (Å²) in [6.45, 7) is 0. The lowest BCUT2D eigenvalue weighted by Gasteiger charge is -2.11. The van der Waals surface area contributed by atoms with Gasteiger partial charge in [0.25, 0.3) is 6.43 Å². The molecule has 17 heavy (non-hydrogen) atoms. The summed E-state index contributed by atoms with van der Waals surface area (Å²) < 4.78 is 30.4. The second-order valence-electron chi connectivity index (χ2n) is 3.14. The number of methoxy groups -OCH3 is 1. The van der Waals surface area contributed by atoms with Crippen LogP contribution in [0, 0.1) is 0 Å². The summed E-state index contributed by atoms with van der Waals surface area (Å²) in [5, 5.41) is 0.420. The first-order valence-corrected chi connectivity index (χ1v) is 6.50. The van der Waals surface area contributed by atoms with Gasteiger partial charge in [-0.3, -0.25) is 9.78 Å². The van der Waals surface area contributed by atoms with Gasteiger partial charge in [0.15, 0.2) is 0 Å². The monoisotopic (exact) mass is 371 g/mol.